The Morgan fingerprint density at radius 3 is 0.830 bits per heavy atom. The van der Waals surface area contributed by atoms with Gasteiger partial charge in [0.15, 0.2) is 0 Å². The fourth-order valence-electron chi connectivity index (χ4n) is 14.2. The molecule has 0 fully saturated rings. The van der Waals surface area contributed by atoms with E-state index in [2.05, 4.69) is 242 Å². The van der Waals surface area contributed by atoms with Gasteiger partial charge < -0.3 is 9.97 Å². The van der Waals surface area contributed by atoms with Crippen LogP contribution in [-0.2, 0) is 21.7 Å². The summed E-state index contributed by atoms with van der Waals surface area (Å²) in [6.07, 6.45) is 39.8. The molecule has 5 heterocycles. The van der Waals surface area contributed by atoms with Crippen LogP contribution in [0.25, 0.3) is 68.6 Å². The Morgan fingerprint density at radius 1 is 0.309 bits per heavy atom. The van der Waals surface area contributed by atoms with Crippen molar-refractivity contribution in [2.45, 2.75) is 337 Å². The first kappa shape index (κ1) is 76.0. The average Bonchev–Trinajstić information content (AvgIpc) is 1.47. The lowest BCUT2D eigenvalue weighted by Crippen LogP contribution is -2.32. The van der Waals surface area contributed by atoms with Crippen LogP contribution in [0.5, 0.6) is 0 Å². The third kappa shape index (κ3) is 21.3. The normalized spacial score (nSPS) is 13.0. The maximum Gasteiger partial charge on any atom is 0.138 e. The molecule has 0 aliphatic carbocycles. The van der Waals surface area contributed by atoms with Crippen LogP contribution >= 0.6 is 0 Å². The minimum atomic E-state index is -2.11. The third-order valence-electron chi connectivity index (χ3n) is 20.6. The van der Waals surface area contributed by atoms with E-state index in [0.29, 0.717) is 0 Å². The fourth-order valence-corrected chi connectivity index (χ4v) is 22.8. The minimum absolute atomic E-state index is 0.0790. The van der Waals surface area contributed by atoms with Gasteiger partial charge in [-0.15, -0.1) is 11.1 Å². The Morgan fingerprint density at radius 2 is 0.564 bits per heavy atom. The number of hydrogen-bond donors (Lipinski definition) is 2. The molecule has 0 saturated heterocycles. The SMILES string of the molecule is CCCCCC[Si](C#Cc1c2nc(c(-c3cc(C(C)(C)C)cc(C(C)(C)C)c3)c3nc(c(C#C[Si](CCCCCC)(CCCCCC)CCCCCC)c4ccc([nH]4)c(-c4cc(C(C)(C)C)cc(C(C)(C)C)c4)c4ccc1[nH]4)C=C3)C=C2)(CCCCCC)CCCCCC. The third-order valence-corrected chi connectivity index (χ3v) is 29.8. The molecule has 2 N–H and O–H groups in total. The molecule has 510 valence electrons. The van der Waals surface area contributed by atoms with E-state index in [1.807, 2.05) is 0 Å². The van der Waals surface area contributed by atoms with E-state index in [0.717, 1.165) is 72.7 Å². The van der Waals surface area contributed by atoms with Crippen molar-refractivity contribution in [3.63, 3.8) is 0 Å². The molecule has 0 saturated carbocycles. The molecule has 4 nitrogen and oxygen atoms in total. The quantitative estimate of drug-likeness (QED) is 0.0251. The van der Waals surface area contributed by atoms with Crippen molar-refractivity contribution in [2.24, 2.45) is 0 Å². The molecule has 94 heavy (non-hydrogen) atoms. The fraction of sp³-hybridized carbons (Fsp3) is 0.591. The minimum Gasteiger partial charge on any atom is -0.354 e. The second-order valence-corrected chi connectivity index (χ2v) is 41.6. The summed E-state index contributed by atoms with van der Waals surface area (Å²) >= 11 is 0. The highest BCUT2D eigenvalue weighted by Gasteiger charge is 2.33. The van der Waals surface area contributed by atoms with E-state index in [1.54, 1.807) is 0 Å². The molecule has 0 atom stereocenters. The summed E-state index contributed by atoms with van der Waals surface area (Å²) in [6.45, 7) is 42.4. The van der Waals surface area contributed by atoms with Crippen LogP contribution in [0.4, 0.5) is 0 Å². The zero-order valence-corrected chi connectivity index (χ0v) is 65.2. The number of nitrogens with zero attached hydrogens (tertiary/aromatic N) is 2. The van der Waals surface area contributed by atoms with Gasteiger partial charge in [0.2, 0.25) is 0 Å². The van der Waals surface area contributed by atoms with Crippen LogP contribution < -0.4 is 0 Å². The maximum absolute atomic E-state index is 5.91. The Balaban J connectivity index is 1.71. The molecule has 6 heteroatoms. The number of fused-ring (bicyclic) bond motifs is 8. The first-order chi connectivity index (χ1) is 44.8. The predicted molar refractivity (Wildman–Crippen MR) is 423 cm³/mol. The van der Waals surface area contributed by atoms with E-state index in [4.69, 9.17) is 9.97 Å². The topological polar surface area (TPSA) is 57.4 Å². The predicted octanol–water partition coefficient (Wildman–Crippen LogP) is 27.3. The zero-order chi connectivity index (χ0) is 68.2. The second kappa shape index (κ2) is 35.2. The van der Waals surface area contributed by atoms with Gasteiger partial charge in [0, 0.05) is 22.2 Å². The second-order valence-electron chi connectivity index (χ2n) is 33.0. The zero-order valence-electron chi connectivity index (χ0n) is 63.2. The van der Waals surface area contributed by atoms with Crippen LogP contribution in [0.3, 0.4) is 0 Å². The van der Waals surface area contributed by atoms with Gasteiger partial charge in [-0.2, -0.15) is 0 Å². The monoisotopic (exact) mass is 1300 g/mol. The van der Waals surface area contributed by atoms with Crippen LogP contribution in [-0.4, -0.2) is 36.1 Å². The molecule has 7 rings (SSSR count). The number of aromatic amines is 2. The van der Waals surface area contributed by atoms with Gasteiger partial charge in [0.05, 0.1) is 44.9 Å². The van der Waals surface area contributed by atoms with E-state index in [-0.39, 0.29) is 21.7 Å². The number of rotatable bonds is 32. The molecule has 0 amide bonds. The molecular weight excluding hydrogens is 1170 g/mol. The highest BCUT2D eigenvalue weighted by Crippen LogP contribution is 2.42. The average molecular weight is 1300 g/mol. The van der Waals surface area contributed by atoms with Crippen LogP contribution in [0.2, 0.25) is 36.3 Å². The largest absolute Gasteiger partial charge is 0.354 e. The highest BCUT2D eigenvalue weighted by atomic mass is 28.3. The number of aromatic nitrogens is 4. The molecule has 8 bridgehead atoms. The van der Waals surface area contributed by atoms with Crippen molar-refractivity contribution < 1.29 is 0 Å². The number of nitrogens with one attached hydrogen (secondary N) is 2. The van der Waals surface area contributed by atoms with Crippen molar-refractivity contribution in [3.8, 4) is 45.2 Å². The van der Waals surface area contributed by atoms with Crippen molar-refractivity contribution >= 4 is 62.5 Å². The number of hydrogen-bond acceptors (Lipinski definition) is 2. The smallest absolute Gasteiger partial charge is 0.138 e. The Bertz CT molecular complexity index is 3330. The highest BCUT2D eigenvalue weighted by molar-refractivity contribution is 6.87. The summed E-state index contributed by atoms with van der Waals surface area (Å²) in [6, 6.07) is 31.7. The van der Waals surface area contributed by atoms with Crippen molar-refractivity contribution in [2.75, 3.05) is 0 Å². The molecule has 0 spiro atoms. The summed E-state index contributed by atoms with van der Waals surface area (Å²) in [5.41, 5.74) is 28.2. The Labute approximate surface area is 577 Å². The standard InChI is InChI=1S/C88H130N4Si2/c1-19-25-31-37-53-93(54-38-32-26-20-2,55-39-33-27-21-3)59-51-73-75-43-47-79(89-75)83(67-61-69(85(7,8)9)65-70(62-67)86(10,11)12)81-49-45-77(91-81)74(52-60-94(56-40-34-28-22-4,57-41-35-29-23-5)58-42-36-30-24-6)78-46-50-82(92-78)84(80-48-44-76(73)90-80)68-63-71(87(13,14)15)66-72(64-68)88(16,17)18/h43-50,61-66,89,91H,19-42,53-58H2,1-18H3. The summed E-state index contributed by atoms with van der Waals surface area (Å²) in [7, 11) is -4.22. The van der Waals surface area contributed by atoms with Gasteiger partial charge >= 0.3 is 0 Å². The molecule has 2 aromatic carbocycles. The van der Waals surface area contributed by atoms with Gasteiger partial charge in [-0.3, -0.25) is 0 Å². The van der Waals surface area contributed by atoms with Crippen molar-refractivity contribution in [1.29, 1.82) is 0 Å². The van der Waals surface area contributed by atoms with Gasteiger partial charge in [-0.05, 0) is 140 Å². The summed E-state index contributed by atoms with van der Waals surface area (Å²) in [5, 5.41) is 0. The Kier molecular flexibility index (Phi) is 28.4. The summed E-state index contributed by atoms with van der Waals surface area (Å²) in [5.74, 6) is 8.34. The molecule has 0 unspecified atom stereocenters. The van der Waals surface area contributed by atoms with E-state index >= 15 is 0 Å². The van der Waals surface area contributed by atoms with Gasteiger partial charge in [0.1, 0.15) is 16.1 Å². The number of H-pyrrole nitrogens is 2. The summed E-state index contributed by atoms with van der Waals surface area (Å²) in [4.78, 5) is 20.2. The lowest BCUT2D eigenvalue weighted by atomic mass is 9.78. The molecule has 2 aliphatic rings. The van der Waals surface area contributed by atoms with E-state index in [9.17, 15) is 0 Å². The molecule has 5 aromatic rings. The molecular formula is C88H130N4Si2. The van der Waals surface area contributed by atoms with Gasteiger partial charge in [-0.25, -0.2) is 9.97 Å². The van der Waals surface area contributed by atoms with Gasteiger partial charge in [0.25, 0.3) is 0 Å². The van der Waals surface area contributed by atoms with Crippen LogP contribution in [0.15, 0.2) is 60.7 Å². The van der Waals surface area contributed by atoms with Gasteiger partial charge in [-0.1, -0.05) is 327 Å². The first-order valence-corrected chi connectivity index (χ1v) is 43.6. The molecule has 2 aliphatic heterocycles. The van der Waals surface area contributed by atoms with Crippen LogP contribution in [0.1, 0.15) is 335 Å². The number of unbranched alkanes of at least 4 members (excludes halogenated alkanes) is 18. The van der Waals surface area contributed by atoms with E-state index < -0.39 is 16.1 Å². The first-order valence-electron chi connectivity index (χ1n) is 38.4. The molecule has 0 radical (unpaired) electrons. The number of benzene rings is 2. The van der Waals surface area contributed by atoms with Crippen molar-refractivity contribution in [1.82, 2.24) is 19.9 Å². The lowest BCUT2D eigenvalue weighted by Gasteiger charge is -2.27. The van der Waals surface area contributed by atoms with E-state index in [1.165, 1.54) is 218 Å². The van der Waals surface area contributed by atoms with Crippen molar-refractivity contribution in [3.05, 3.63) is 117 Å². The molecule has 3 aromatic heterocycles. The lowest BCUT2D eigenvalue weighted by molar-refractivity contribution is 0.568. The Hall–Kier alpha value is -5.41. The summed E-state index contributed by atoms with van der Waals surface area (Å²) < 4.78 is 0. The van der Waals surface area contributed by atoms with Crippen LogP contribution in [0, 0.1) is 22.9 Å². The maximum atomic E-state index is 5.91.